The number of nitrogens with zero attached hydrogens (tertiary/aromatic N) is 7. The van der Waals surface area contributed by atoms with Crippen LogP contribution in [-0.4, -0.2) is 138 Å². The topological polar surface area (TPSA) is 196 Å². The van der Waals surface area contributed by atoms with Gasteiger partial charge in [0.15, 0.2) is 0 Å². The van der Waals surface area contributed by atoms with E-state index in [1.54, 1.807) is 43.8 Å². The molecule has 0 aliphatic carbocycles. The van der Waals surface area contributed by atoms with Gasteiger partial charge < -0.3 is 45.2 Å². The number of halogens is 1. The molecule has 1 saturated heterocycles. The van der Waals surface area contributed by atoms with E-state index in [9.17, 15) is 28.4 Å². The van der Waals surface area contributed by atoms with Crippen molar-refractivity contribution in [2.75, 3.05) is 75.6 Å². The van der Waals surface area contributed by atoms with Crippen LogP contribution in [0.15, 0.2) is 48.9 Å². The number of hydrogen-bond acceptors (Lipinski definition) is 13. The number of rotatable bonds is 24. The second-order valence-corrected chi connectivity index (χ2v) is 16.7. The Morgan fingerprint density at radius 3 is 2.55 bits per heavy atom. The molecule has 64 heavy (non-hydrogen) atoms. The average Bonchev–Trinajstić information content (AvgIpc) is 3.79. The van der Waals surface area contributed by atoms with E-state index < -0.39 is 29.9 Å². The Kier molecular flexibility index (Phi) is 16.7. The molecule has 2 aliphatic heterocycles. The van der Waals surface area contributed by atoms with Gasteiger partial charge in [-0.3, -0.25) is 24.1 Å². The van der Waals surface area contributed by atoms with E-state index in [-0.39, 0.29) is 48.5 Å². The average molecular weight is 884 g/mol. The third-order valence-corrected chi connectivity index (χ3v) is 11.7. The van der Waals surface area contributed by atoms with E-state index in [1.165, 1.54) is 14.0 Å². The number of imide groups is 1. The third kappa shape index (κ3) is 11.6. The first-order valence-corrected chi connectivity index (χ1v) is 22.4. The number of alkyl halides is 1. The molecule has 5 heterocycles. The molecule has 6 rings (SSSR count). The van der Waals surface area contributed by atoms with E-state index in [1.807, 2.05) is 17.2 Å². The largest absolute Gasteiger partial charge is 0.385 e. The van der Waals surface area contributed by atoms with Crippen LogP contribution >= 0.6 is 0 Å². The molecule has 2 aliphatic rings. The standard InChI is InChI=1S/C46H62FN11O6/c1-30(2)57-29-35(34-27-51-40(26-38(34)57)53-39-15-19-50-46(54-39)56(28-31(3)47)21-11-25-64-5)42(60)52-32-16-22-55(23-17-32)20-8-6-7-18-49-36-13-9-12-33-41(36)45(63)58(44(33)62)37(14-10-24-59)43(61)48-4/h9,12-13,15,19,24,26-27,29-32,37,49H,6-8,10-11,14,16-18,20-23,25,28H2,1-5H3,(H,48,61)(H,52,60)(H,50,51,53,54). The molecule has 344 valence electrons. The van der Waals surface area contributed by atoms with Gasteiger partial charge in [0.05, 0.1) is 28.8 Å². The highest BCUT2D eigenvalue weighted by molar-refractivity contribution is 6.25. The highest BCUT2D eigenvalue weighted by atomic mass is 19.1. The van der Waals surface area contributed by atoms with Crippen LogP contribution in [0.3, 0.4) is 0 Å². The zero-order valence-electron chi connectivity index (χ0n) is 37.6. The maximum Gasteiger partial charge on any atom is 0.264 e. The number of nitrogens with one attached hydrogen (secondary N) is 4. The number of pyridine rings is 1. The summed E-state index contributed by atoms with van der Waals surface area (Å²) in [6.45, 7) is 10.2. The van der Waals surface area contributed by atoms with Crippen molar-refractivity contribution >= 4 is 64.1 Å². The molecule has 4 amide bonds. The number of likely N-dealkylation sites (N-methyl/N-ethyl adjacent to an activating group) is 1. The van der Waals surface area contributed by atoms with Crippen molar-refractivity contribution in [3.05, 3.63) is 65.6 Å². The fourth-order valence-corrected chi connectivity index (χ4v) is 8.43. The summed E-state index contributed by atoms with van der Waals surface area (Å²) < 4.78 is 21.3. The molecule has 0 saturated carbocycles. The Bertz CT molecular complexity index is 2260. The number of aromatic nitrogens is 4. The Morgan fingerprint density at radius 2 is 1.83 bits per heavy atom. The van der Waals surface area contributed by atoms with Crippen molar-refractivity contribution in [1.29, 1.82) is 0 Å². The zero-order valence-corrected chi connectivity index (χ0v) is 37.6. The van der Waals surface area contributed by atoms with E-state index in [0.717, 1.165) is 67.5 Å². The van der Waals surface area contributed by atoms with Gasteiger partial charge in [-0.15, -0.1) is 0 Å². The summed E-state index contributed by atoms with van der Waals surface area (Å²) in [5.74, 6) is -0.203. The second kappa shape index (κ2) is 22.6. The Morgan fingerprint density at radius 1 is 1.03 bits per heavy atom. The lowest BCUT2D eigenvalue weighted by atomic mass is 10.0. The van der Waals surface area contributed by atoms with Crippen molar-refractivity contribution in [3.63, 3.8) is 0 Å². The molecule has 3 aromatic heterocycles. The van der Waals surface area contributed by atoms with Crippen LogP contribution in [0.4, 0.5) is 27.7 Å². The number of unbranched alkanes of at least 4 members (excludes halogenated alkanes) is 2. The van der Waals surface area contributed by atoms with Crippen molar-refractivity contribution in [3.8, 4) is 0 Å². The number of benzene rings is 1. The van der Waals surface area contributed by atoms with Crippen LogP contribution in [0, 0.1) is 0 Å². The van der Waals surface area contributed by atoms with Crippen molar-refractivity contribution in [1.82, 2.24) is 40.0 Å². The van der Waals surface area contributed by atoms with Gasteiger partial charge in [0.25, 0.3) is 17.7 Å². The maximum atomic E-state index is 14.0. The molecular weight excluding hydrogens is 822 g/mol. The zero-order chi connectivity index (χ0) is 45.8. The van der Waals surface area contributed by atoms with Crippen LogP contribution in [-0.2, 0) is 14.3 Å². The number of carbonyl (C=O) groups is 5. The number of amides is 4. The number of carbonyl (C=O) groups excluding carboxylic acids is 5. The summed E-state index contributed by atoms with van der Waals surface area (Å²) in [4.78, 5) is 83.0. The number of methoxy groups -OCH3 is 1. The summed E-state index contributed by atoms with van der Waals surface area (Å²) in [5.41, 5.74) is 2.49. The predicted molar refractivity (Wildman–Crippen MR) is 244 cm³/mol. The summed E-state index contributed by atoms with van der Waals surface area (Å²) in [5, 5.41) is 13.1. The van der Waals surface area contributed by atoms with Crippen LogP contribution in [0.1, 0.15) is 109 Å². The molecule has 0 radical (unpaired) electrons. The van der Waals surface area contributed by atoms with Crippen molar-refractivity contribution in [2.45, 2.75) is 96.4 Å². The molecule has 2 atom stereocenters. The number of aldehydes is 1. The van der Waals surface area contributed by atoms with Gasteiger partial charge in [-0.2, -0.15) is 4.98 Å². The number of ether oxygens (including phenoxy) is 1. The van der Waals surface area contributed by atoms with Gasteiger partial charge in [-0.1, -0.05) is 12.5 Å². The maximum absolute atomic E-state index is 14.0. The molecular formula is C46H62FN11O6. The number of hydrogen-bond donors (Lipinski definition) is 4. The van der Waals surface area contributed by atoms with E-state index >= 15 is 0 Å². The molecule has 2 unspecified atom stereocenters. The van der Waals surface area contributed by atoms with Crippen molar-refractivity contribution < 1.29 is 33.1 Å². The lowest BCUT2D eigenvalue weighted by Gasteiger charge is -2.32. The fraction of sp³-hybridized carbons (Fsp3) is 0.522. The number of anilines is 4. The quantitative estimate of drug-likeness (QED) is 0.0391. The molecule has 1 aromatic carbocycles. The lowest BCUT2D eigenvalue weighted by molar-refractivity contribution is -0.124. The van der Waals surface area contributed by atoms with E-state index in [0.29, 0.717) is 61.2 Å². The molecule has 4 aromatic rings. The number of likely N-dealkylation sites (tertiary alicyclic amines) is 1. The SMILES string of the molecule is CNC(=O)C(CCC=O)N1C(=O)c2cccc(NCCCCCN3CCC(NC(=O)c4cn(C(C)C)c5cc(Nc6ccnc(N(CCCOC)CC(C)F)n6)ncc45)CC3)c2C1=O. The second-order valence-electron chi connectivity index (χ2n) is 16.7. The minimum Gasteiger partial charge on any atom is -0.385 e. The first kappa shape index (κ1) is 47.5. The van der Waals surface area contributed by atoms with Crippen LogP contribution in [0.5, 0.6) is 0 Å². The van der Waals surface area contributed by atoms with E-state index in [4.69, 9.17) is 4.74 Å². The molecule has 0 spiro atoms. The Labute approximate surface area is 373 Å². The minimum atomic E-state index is -1.06. The van der Waals surface area contributed by atoms with Crippen LogP contribution in [0.2, 0.25) is 0 Å². The first-order chi connectivity index (χ1) is 30.9. The Balaban J connectivity index is 0.968. The van der Waals surface area contributed by atoms with Gasteiger partial charge in [-0.05, 0) is 84.0 Å². The van der Waals surface area contributed by atoms with E-state index in [2.05, 4.69) is 59.5 Å². The third-order valence-electron chi connectivity index (χ3n) is 11.7. The van der Waals surface area contributed by atoms with Crippen molar-refractivity contribution in [2.24, 2.45) is 0 Å². The monoisotopic (exact) mass is 883 g/mol. The first-order valence-electron chi connectivity index (χ1n) is 22.4. The number of fused-ring (bicyclic) bond motifs is 2. The van der Waals surface area contributed by atoms with Gasteiger partial charge in [0.2, 0.25) is 11.9 Å². The minimum absolute atomic E-state index is 0.0480. The molecule has 0 bridgehead atoms. The summed E-state index contributed by atoms with van der Waals surface area (Å²) in [7, 11) is 3.07. The highest BCUT2D eigenvalue weighted by Crippen LogP contribution is 2.32. The van der Waals surface area contributed by atoms with Gasteiger partial charge >= 0.3 is 0 Å². The molecule has 17 nitrogen and oxygen atoms in total. The molecule has 1 fully saturated rings. The summed E-state index contributed by atoms with van der Waals surface area (Å²) >= 11 is 0. The lowest BCUT2D eigenvalue weighted by Crippen LogP contribution is -2.48. The predicted octanol–water partition coefficient (Wildman–Crippen LogP) is 5.52. The van der Waals surface area contributed by atoms with Crippen LogP contribution < -0.4 is 26.2 Å². The molecule has 18 heteroatoms. The van der Waals surface area contributed by atoms with Gasteiger partial charge in [0.1, 0.15) is 30.1 Å². The molecule has 4 N–H and O–H groups in total. The highest BCUT2D eigenvalue weighted by Gasteiger charge is 2.43. The van der Waals surface area contributed by atoms with Crippen LogP contribution in [0.25, 0.3) is 10.9 Å². The summed E-state index contributed by atoms with van der Waals surface area (Å²) in [6, 6.07) is 7.80. The Hall–Kier alpha value is -6.01. The summed E-state index contributed by atoms with van der Waals surface area (Å²) in [6.07, 6.45) is 10.2. The smallest absolute Gasteiger partial charge is 0.264 e. The normalized spacial score (nSPS) is 15.3. The number of piperidine rings is 1. The fourth-order valence-electron chi connectivity index (χ4n) is 8.43. The van der Waals surface area contributed by atoms with Gasteiger partial charge in [0, 0.05) is 101 Å². The van der Waals surface area contributed by atoms with Gasteiger partial charge in [-0.25, -0.2) is 14.4 Å².